The molecule has 0 radical (unpaired) electrons. The number of hydrogen-bond acceptors (Lipinski definition) is 3. The molecule has 1 fully saturated rings. The number of ether oxygens (including phenoxy) is 1. The zero-order valence-electron chi connectivity index (χ0n) is 19.8. The third kappa shape index (κ3) is 6.36. The molecule has 0 aromatic heterocycles. The molecule has 1 atom stereocenters. The Morgan fingerprint density at radius 1 is 1.06 bits per heavy atom. The maximum Gasteiger partial charge on any atom is 0.261 e. The molecular weight excluding hydrogens is 528 g/mol. The molecule has 0 bridgehead atoms. The van der Waals surface area contributed by atoms with E-state index in [0.717, 1.165) is 46.5 Å². The number of nitrogens with zero attached hydrogens (tertiary/aromatic N) is 1. The second-order valence-corrected chi connectivity index (χ2v) is 10.2. The number of amides is 2. The van der Waals surface area contributed by atoms with Crippen molar-refractivity contribution in [3.05, 3.63) is 75.7 Å². The van der Waals surface area contributed by atoms with Crippen LogP contribution in [0.5, 0.6) is 5.75 Å². The Bertz CT molecular complexity index is 1200. The summed E-state index contributed by atoms with van der Waals surface area (Å²) in [6, 6.07) is 18.6. The van der Waals surface area contributed by atoms with Crippen molar-refractivity contribution in [2.75, 3.05) is 6.61 Å². The highest BCUT2D eigenvalue weighted by atomic mass is 79.9. The van der Waals surface area contributed by atoms with Crippen molar-refractivity contribution in [2.24, 2.45) is 0 Å². The van der Waals surface area contributed by atoms with Crippen molar-refractivity contribution in [3.63, 3.8) is 0 Å². The normalized spacial score (nSPS) is 14.9. The van der Waals surface area contributed by atoms with Crippen LogP contribution in [0.4, 0.5) is 0 Å². The Balaban J connectivity index is 1.50. The first-order valence-corrected chi connectivity index (χ1v) is 13.2. The van der Waals surface area contributed by atoms with Gasteiger partial charge in [-0.05, 0) is 64.2 Å². The van der Waals surface area contributed by atoms with Crippen LogP contribution in [0.2, 0.25) is 5.02 Å². The smallest absolute Gasteiger partial charge is 0.261 e. The maximum atomic E-state index is 13.4. The van der Waals surface area contributed by atoms with Crippen LogP contribution in [-0.4, -0.2) is 35.4 Å². The van der Waals surface area contributed by atoms with Gasteiger partial charge in [-0.3, -0.25) is 9.59 Å². The highest BCUT2D eigenvalue weighted by Gasteiger charge is 2.29. The molecule has 7 heteroatoms. The van der Waals surface area contributed by atoms with E-state index in [1.54, 1.807) is 17.9 Å². The molecule has 1 N–H and O–H groups in total. The number of fused-ring (bicyclic) bond motifs is 1. The van der Waals surface area contributed by atoms with E-state index >= 15 is 0 Å². The van der Waals surface area contributed by atoms with E-state index in [1.807, 2.05) is 54.6 Å². The van der Waals surface area contributed by atoms with E-state index in [1.165, 1.54) is 6.42 Å². The summed E-state index contributed by atoms with van der Waals surface area (Å²) >= 11 is 9.99. The molecule has 35 heavy (non-hydrogen) atoms. The molecule has 1 saturated carbocycles. The van der Waals surface area contributed by atoms with Crippen LogP contribution in [0.1, 0.15) is 44.6 Å². The molecule has 0 unspecified atom stereocenters. The Kier molecular flexibility index (Phi) is 8.69. The molecule has 1 aliphatic carbocycles. The van der Waals surface area contributed by atoms with E-state index in [0.29, 0.717) is 10.8 Å². The fraction of sp³-hybridized carbons (Fsp3) is 0.357. The van der Waals surface area contributed by atoms with Crippen LogP contribution in [0.25, 0.3) is 10.8 Å². The number of nitrogens with one attached hydrogen (secondary N) is 1. The molecule has 0 spiro atoms. The van der Waals surface area contributed by atoms with Gasteiger partial charge >= 0.3 is 0 Å². The van der Waals surface area contributed by atoms with Crippen molar-refractivity contribution < 1.29 is 14.3 Å². The van der Waals surface area contributed by atoms with Gasteiger partial charge in [0.15, 0.2) is 6.61 Å². The summed E-state index contributed by atoms with van der Waals surface area (Å²) in [4.78, 5) is 28.1. The topological polar surface area (TPSA) is 58.6 Å². The minimum Gasteiger partial charge on any atom is -0.483 e. The number of rotatable bonds is 8. The zero-order valence-corrected chi connectivity index (χ0v) is 22.1. The number of halogens is 2. The molecule has 1 aliphatic rings. The Hall–Kier alpha value is -2.57. The first-order valence-electron chi connectivity index (χ1n) is 12.1. The van der Waals surface area contributed by atoms with Gasteiger partial charge in [-0.15, -0.1) is 0 Å². The summed E-state index contributed by atoms with van der Waals surface area (Å²) in [5.74, 6) is 0.148. The van der Waals surface area contributed by atoms with Crippen molar-refractivity contribution in [1.82, 2.24) is 10.2 Å². The SMILES string of the molecule is C[C@H](C(=O)NC1CCCCC1)N(Cc1ccccc1Cl)C(=O)COc1ccc2ccccc2c1Br. The van der Waals surface area contributed by atoms with Gasteiger partial charge in [-0.25, -0.2) is 0 Å². The molecule has 0 heterocycles. The maximum absolute atomic E-state index is 13.4. The lowest BCUT2D eigenvalue weighted by Crippen LogP contribution is -2.51. The lowest BCUT2D eigenvalue weighted by Gasteiger charge is -2.31. The first-order chi connectivity index (χ1) is 16.9. The van der Waals surface area contributed by atoms with Crippen LogP contribution in [0.15, 0.2) is 65.1 Å². The van der Waals surface area contributed by atoms with Crippen molar-refractivity contribution >= 4 is 50.1 Å². The van der Waals surface area contributed by atoms with Crippen LogP contribution < -0.4 is 10.1 Å². The quantitative estimate of drug-likeness (QED) is 0.344. The highest BCUT2D eigenvalue weighted by molar-refractivity contribution is 9.10. The van der Waals surface area contributed by atoms with E-state index < -0.39 is 6.04 Å². The number of benzene rings is 3. The fourth-order valence-electron chi connectivity index (χ4n) is 4.51. The van der Waals surface area contributed by atoms with Gasteiger partial charge in [0.1, 0.15) is 11.8 Å². The second-order valence-electron chi connectivity index (χ2n) is 9.02. The van der Waals surface area contributed by atoms with Gasteiger partial charge in [-0.2, -0.15) is 0 Å². The molecule has 5 nitrogen and oxygen atoms in total. The lowest BCUT2D eigenvalue weighted by molar-refractivity contribution is -0.142. The van der Waals surface area contributed by atoms with Gasteiger partial charge < -0.3 is 15.0 Å². The first kappa shape index (κ1) is 25.5. The molecule has 3 aromatic carbocycles. The monoisotopic (exact) mass is 556 g/mol. The minimum atomic E-state index is -0.663. The Morgan fingerprint density at radius 2 is 1.77 bits per heavy atom. The van der Waals surface area contributed by atoms with E-state index in [2.05, 4.69) is 21.2 Å². The molecular formula is C28H30BrClN2O3. The lowest BCUT2D eigenvalue weighted by atomic mass is 9.95. The standard InChI is InChI=1S/C28H30BrClN2O3/c1-19(28(34)31-22-11-3-2-4-12-22)32(17-21-10-6-8-14-24(21)30)26(33)18-35-25-16-15-20-9-5-7-13-23(20)27(25)29/h5-10,13-16,19,22H,2-4,11-12,17-18H2,1H3,(H,31,34)/t19-/m1/s1. The van der Waals surface area contributed by atoms with Gasteiger partial charge in [0.2, 0.25) is 5.91 Å². The van der Waals surface area contributed by atoms with Crippen molar-refractivity contribution in [2.45, 2.75) is 57.7 Å². The molecule has 0 aliphatic heterocycles. The number of carbonyl (C=O) groups is 2. The summed E-state index contributed by atoms with van der Waals surface area (Å²) in [6.45, 7) is 1.79. The largest absolute Gasteiger partial charge is 0.483 e. The predicted octanol–water partition coefficient (Wildman–Crippen LogP) is 6.50. The Labute approximate surface area is 219 Å². The van der Waals surface area contributed by atoms with E-state index in [-0.39, 0.29) is 31.0 Å². The van der Waals surface area contributed by atoms with Gasteiger partial charge in [-0.1, -0.05) is 79.4 Å². The molecule has 4 rings (SSSR count). The fourth-order valence-corrected chi connectivity index (χ4v) is 5.31. The number of carbonyl (C=O) groups excluding carboxylic acids is 2. The average Bonchev–Trinajstić information content (AvgIpc) is 2.88. The van der Waals surface area contributed by atoms with Crippen LogP contribution in [0.3, 0.4) is 0 Å². The highest BCUT2D eigenvalue weighted by Crippen LogP contribution is 2.33. The molecule has 3 aromatic rings. The third-order valence-electron chi connectivity index (χ3n) is 6.60. The molecule has 0 saturated heterocycles. The van der Waals surface area contributed by atoms with Crippen LogP contribution in [0, 0.1) is 0 Å². The van der Waals surface area contributed by atoms with Gasteiger partial charge in [0.05, 0.1) is 4.47 Å². The minimum absolute atomic E-state index is 0.149. The summed E-state index contributed by atoms with van der Waals surface area (Å²) < 4.78 is 6.73. The van der Waals surface area contributed by atoms with E-state index in [4.69, 9.17) is 16.3 Å². The summed E-state index contributed by atoms with van der Waals surface area (Å²) in [7, 11) is 0. The van der Waals surface area contributed by atoms with Gasteiger partial charge in [0, 0.05) is 17.6 Å². The van der Waals surface area contributed by atoms with Crippen molar-refractivity contribution in [3.8, 4) is 5.75 Å². The van der Waals surface area contributed by atoms with Crippen LogP contribution in [-0.2, 0) is 16.1 Å². The average molecular weight is 558 g/mol. The van der Waals surface area contributed by atoms with Crippen LogP contribution >= 0.6 is 27.5 Å². The number of hydrogen-bond donors (Lipinski definition) is 1. The molecule has 2 amide bonds. The second kappa shape index (κ2) is 11.9. The summed E-state index contributed by atoms with van der Waals surface area (Å²) in [6.07, 6.45) is 5.42. The molecule has 184 valence electrons. The Morgan fingerprint density at radius 3 is 2.54 bits per heavy atom. The van der Waals surface area contributed by atoms with Gasteiger partial charge in [0.25, 0.3) is 5.91 Å². The zero-order chi connectivity index (χ0) is 24.8. The predicted molar refractivity (Wildman–Crippen MR) is 144 cm³/mol. The third-order valence-corrected chi connectivity index (χ3v) is 7.78. The van der Waals surface area contributed by atoms with Crippen molar-refractivity contribution in [1.29, 1.82) is 0 Å². The van der Waals surface area contributed by atoms with E-state index in [9.17, 15) is 9.59 Å². The summed E-state index contributed by atoms with van der Waals surface area (Å²) in [5, 5.41) is 5.78. The summed E-state index contributed by atoms with van der Waals surface area (Å²) in [5.41, 5.74) is 0.784.